The third-order valence-electron chi connectivity index (χ3n) is 3.08. The van der Waals surface area contributed by atoms with E-state index in [1.165, 1.54) is 0 Å². The first-order valence-electron chi connectivity index (χ1n) is 5.78. The Morgan fingerprint density at radius 3 is 3.00 bits per heavy atom. The number of fused-ring (bicyclic) bond motifs is 1. The van der Waals surface area contributed by atoms with Gasteiger partial charge in [-0.1, -0.05) is 18.2 Å². The van der Waals surface area contributed by atoms with Gasteiger partial charge in [0.15, 0.2) is 0 Å². The Labute approximate surface area is 103 Å². The normalized spacial score (nSPS) is 15.1. The van der Waals surface area contributed by atoms with Gasteiger partial charge in [0.05, 0.1) is 13.0 Å². The van der Waals surface area contributed by atoms with Crippen LogP contribution < -0.4 is 0 Å². The van der Waals surface area contributed by atoms with E-state index in [0.29, 0.717) is 13.2 Å². The summed E-state index contributed by atoms with van der Waals surface area (Å²) in [5.74, 6) is -0.220. The Balaban J connectivity index is 1.84. The van der Waals surface area contributed by atoms with E-state index in [0.717, 1.165) is 21.4 Å². The summed E-state index contributed by atoms with van der Waals surface area (Å²) in [4.78, 5) is 27.5. The number of carbonyl (C=O) groups excluding carboxylic acids is 2. The van der Waals surface area contributed by atoms with Crippen LogP contribution in [0.15, 0.2) is 30.5 Å². The molecule has 0 saturated carbocycles. The standard InChI is InChI=1S/C13H12N2O3/c16-12(15-5-6-18-13(15)17)7-9-8-14-11-4-2-1-3-10(9)11/h1-4,8,14H,5-7H2. The molecule has 0 atom stereocenters. The minimum Gasteiger partial charge on any atom is -0.447 e. The second kappa shape index (κ2) is 4.18. The van der Waals surface area contributed by atoms with Crippen molar-refractivity contribution in [1.29, 1.82) is 0 Å². The van der Waals surface area contributed by atoms with E-state index < -0.39 is 6.09 Å². The molecule has 5 nitrogen and oxygen atoms in total. The van der Waals surface area contributed by atoms with Gasteiger partial charge in [-0.3, -0.25) is 4.79 Å². The number of imide groups is 1. The lowest BCUT2D eigenvalue weighted by Crippen LogP contribution is -2.32. The third-order valence-corrected chi connectivity index (χ3v) is 3.08. The Hall–Kier alpha value is -2.30. The first kappa shape index (κ1) is 10.8. The molecule has 2 aromatic rings. The van der Waals surface area contributed by atoms with E-state index in [2.05, 4.69) is 4.98 Å². The number of H-pyrrole nitrogens is 1. The van der Waals surface area contributed by atoms with Gasteiger partial charge in [0.25, 0.3) is 0 Å². The molecule has 92 valence electrons. The van der Waals surface area contributed by atoms with Gasteiger partial charge in [-0.2, -0.15) is 0 Å². The van der Waals surface area contributed by atoms with Crippen molar-refractivity contribution < 1.29 is 14.3 Å². The fourth-order valence-electron chi connectivity index (χ4n) is 2.16. The highest BCUT2D eigenvalue weighted by Crippen LogP contribution is 2.19. The van der Waals surface area contributed by atoms with Crippen molar-refractivity contribution in [1.82, 2.24) is 9.88 Å². The Bertz CT molecular complexity index is 617. The number of aromatic amines is 1. The molecular weight excluding hydrogens is 232 g/mol. The molecular formula is C13H12N2O3. The molecule has 0 radical (unpaired) electrons. The molecule has 3 rings (SSSR count). The van der Waals surface area contributed by atoms with Crippen molar-refractivity contribution in [2.75, 3.05) is 13.2 Å². The molecule has 0 bridgehead atoms. The number of nitrogens with one attached hydrogen (secondary N) is 1. The molecule has 1 fully saturated rings. The molecule has 5 heteroatoms. The van der Waals surface area contributed by atoms with Crippen molar-refractivity contribution in [2.45, 2.75) is 6.42 Å². The minimum absolute atomic E-state index is 0.207. The second-order valence-corrected chi connectivity index (χ2v) is 4.20. The highest BCUT2D eigenvalue weighted by atomic mass is 16.6. The van der Waals surface area contributed by atoms with Crippen LogP contribution in [0, 0.1) is 0 Å². The zero-order valence-corrected chi connectivity index (χ0v) is 9.68. The summed E-state index contributed by atoms with van der Waals surface area (Å²) < 4.78 is 4.75. The van der Waals surface area contributed by atoms with Crippen LogP contribution >= 0.6 is 0 Å². The number of nitrogens with zero attached hydrogens (tertiary/aromatic N) is 1. The number of hydrogen-bond donors (Lipinski definition) is 1. The minimum atomic E-state index is -0.542. The fraction of sp³-hybridized carbons (Fsp3) is 0.231. The molecule has 1 aromatic heterocycles. The number of ether oxygens (including phenoxy) is 1. The van der Waals surface area contributed by atoms with Gasteiger partial charge >= 0.3 is 6.09 Å². The monoisotopic (exact) mass is 244 g/mol. The molecule has 1 aliphatic heterocycles. The highest BCUT2D eigenvalue weighted by molar-refractivity contribution is 5.96. The molecule has 1 N–H and O–H groups in total. The molecule has 0 aliphatic carbocycles. The van der Waals surface area contributed by atoms with E-state index in [1.54, 1.807) is 0 Å². The number of carbonyl (C=O) groups is 2. The number of benzene rings is 1. The largest absolute Gasteiger partial charge is 0.447 e. The lowest BCUT2D eigenvalue weighted by Gasteiger charge is -2.09. The van der Waals surface area contributed by atoms with Crippen LogP contribution in [0.5, 0.6) is 0 Å². The molecule has 1 aromatic carbocycles. The lowest BCUT2D eigenvalue weighted by atomic mass is 10.1. The summed E-state index contributed by atoms with van der Waals surface area (Å²) in [5.41, 5.74) is 1.89. The van der Waals surface area contributed by atoms with Crippen molar-refractivity contribution in [2.24, 2.45) is 0 Å². The van der Waals surface area contributed by atoms with Gasteiger partial charge in [0.1, 0.15) is 6.61 Å². The number of amides is 2. The van der Waals surface area contributed by atoms with Crippen LogP contribution in [0.3, 0.4) is 0 Å². The van der Waals surface area contributed by atoms with Gasteiger partial charge in [-0.15, -0.1) is 0 Å². The van der Waals surface area contributed by atoms with Gasteiger partial charge in [-0.25, -0.2) is 9.69 Å². The quantitative estimate of drug-likeness (QED) is 0.874. The Morgan fingerprint density at radius 2 is 2.22 bits per heavy atom. The first-order chi connectivity index (χ1) is 8.75. The maximum Gasteiger partial charge on any atom is 0.416 e. The summed E-state index contributed by atoms with van der Waals surface area (Å²) in [5, 5.41) is 1.01. The van der Waals surface area contributed by atoms with Gasteiger partial charge < -0.3 is 9.72 Å². The van der Waals surface area contributed by atoms with Gasteiger partial charge in [0, 0.05) is 17.1 Å². The molecule has 1 saturated heterocycles. The number of aromatic nitrogens is 1. The zero-order chi connectivity index (χ0) is 12.5. The predicted octanol–water partition coefficient (Wildman–Crippen LogP) is 1.69. The van der Waals surface area contributed by atoms with E-state index >= 15 is 0 Å². The summed E-state index contributed by atoms with van der Waals surface area (Å²) in [6, 6.07) is 7.76. The summed E-state index contributed by atoms with van der Waals surface area (Å²) in [6.45, 7) is 0.637. The summed E-state index contributed by atoms with van der Waals surface area (Å²) in [6.07, 6.45) is 1.48. The van der Waals surface area contributed by atoms with Crippen LogP contribution in [0.1, 0.15) is 5.56 Å². The molecule has 2 heterocycles. The van der Waals surface area contributed by atoms with Crippen LogP contribution in [0.25, 0.3) is 10.9 Å². The average molecular weight is 244 g/mol. The fourth-order valence-corrected chi connectivity index (χ4v) is 2.16. The van der Waals surface area contributed by atoms with Crippen molar-refractivity contribution >= 4 is 22.9 Å². The van der Waals surface area contributed by atoms with Crippen LogP contribution in [0.2, 0.25) is 0 Å². The number of para-hydroxylation sites is 1. The zero-order valence-electron chi connectivity index (χ0n) is 9.68. The molecule has 1 aliphatic rings. The SMILES string of the molecule is O=C(Cc1c[nH]c2ccccc12)N1CCOC1=O. The summed E-state index contributed by atoms with van der Waals surface area (Å²) in [7, 11) is 0. The number of rotatable bonds is 2. The first-order valence-corrected chi connectivity index (χ1v) is 5.78. The number of hydrogen-bond acceptors (Lipinski definition) is 3. The molecule has 2 amide bonds. The van der Waals surface area contributed by atoms with Crippen LogP contribution in [0.4, 0.5) is 4.79 Å². The number of cyclic esters (lactones) is 1. The van der Waals surface area contributed by atoms with Crippen LogP contribution in [-0.2, 0) is 16.0 Å². The third kappa shape index (κ3) is 1.73. The maximum atomic E-state index is 12.0. The molecule has 0 spiro atoms. The van der Waals surface area contributed by atoms with Crippen molar-refractivity contribution in [3.63, 3.8) is 0 Å². The predicted molar refractivity (Wildman–Crippen MR) is 65.1 cm³/mol. The van der Waals surface area contributed by atoms with E-state index in [-0.39, 0.29) is 12.3 Å². The topological polar surface area (TPSA) is 62.4 Å². The Kier molecular flexibility index (Phi) is 2.51. The highest BCUT2D eigenvalue weighted by Gasteiger charge is 2.28. The van der Waals surface area contributed by atoms with E-state index in [9.17, 15) is 9.59 Å². The van der Waals surface area contributed by atoms with Crippen LogP contribution in [-0.4, -0.2) is 35.0 Å². The second-order valence-electron chi connectivity index (χ2n) is 4.20. The van der Waals surface area contributed by atoms with E-state index in [4.69, 9.17) is 4.74 Å². The van der Waals surface area contributed by atoms with Crippen molar-refractivity contribution in [3.8, 4) is 0 Å². The summed E-state index contributed by atoms with van der Waals surface area (Å²) >= 11 is 0. The lowest BCUT2D eigenvalue weighted by molar-refractivity contribution is -0.127. The van der Waals surface area contributed by atoms with E-state index in [1.807, 2.05) is 30.5 Å². The Morgan fingerprint density at radius 1 is 1.39 bits per heavy atom. The van der Waals surface area contributed by atoms with Crippen molar-refractivity contribution in [3.05, 3.63) is 36.0 Å². The maximum absolute atomic E-state index is 12.0. The molecule has 18 heavy (non-hydrogen) atoms. The smallest absolute Gasteiger partial charge is 0.416 e. The average Bonchev–Trinajstić information content (AvgIpc) is 2.97. The van der Waals surface area contributed by atoms with Gasteiger partial charge in [-0.05, 0) is 11.6 Å². The molecule has 0 unspecified atom stereocenters. The van der Waals surface area contributed by atoms with Gasteiger partial charge in [0.2, 0.25) is 5.91 Å².